The molecule has 1 aromatic rings. The van der Waals surface area contributed by atoms with Crippen molar-refractivity contribution in [1.82, 2.24) is 0 Å². The van der Waals surface area contributed by atoms with Crippen LogP contribution in [0.2, 0.25) is 0 Å². The van der Waals surface area contributed by atoms with Gasteiger partial charge in [-0.3, -0.25) is 0 Å². The predicted octanol–water partition coefficient (Wildman–Crippen LogP) is 1.50. The molecule has 0 saturated heterocycles. The summed E-state index contributed by atoms with van der Waals surface area (Å²) in [5.74, 6) is -1.26. The molecule has 0 bridgehead atoms. The number of aryl methyl sites for hydroxylation is 2. The molecule has 0 saturated carbocycles. The molecule has 4 nitrogen and oxygen atoms in total. The van der Waals surface area contributed by atoms with E-state index in [9.17, 15) is 14.7 Å². The zero-order valence-corrected chi connectivity index (χ0v) is 9.72. The standard InChI is InChI=1S/C13H16O4/c1-2-9-8-11(12(15)13(16)17)6-5-10(9)4-3-7-14/h5-8,12,15H,2-4H2,1H3,(H,16,17). The number of hydrogen-bond acceptors (Lipinski definition) is 3. The van der Waals surface area contributed by atoms with E-state index in [0.717, 1.165) is 23.8 Å². The monoisotopic (exact) mass is 236 g/mol. The van der Waals surface area contributed by atoms with Crippen molar-refractivity contribution in [3.63, 3.8) is 0 Å². The summed E-state index contributed by atoms with van der Waals surface area (Å²) in [6.45, 7) is 1.96. The third-order valence-electron chi connectivity index (χ3n) is 2.69. The minimum atomic E-state index is -1.49. The number of aliphatic hydroxyl groups is 1. The van der Waals surface area contributed by atoms with E-state index in [1.165, 1.54) is 0 Å². The summed E-state index contributed by atoms with van der Waals surface area (Å²) in [4.78, 5) is 21.0. The SMILES string of the molecule is CCc1cc(C(O)C(=O)O)ccc1CCC=O. The van der Waals surface area contributed by atoms with Gasteiger partial charge in [0.2, 0.25) is 0 Å². The summed E-state index contributed by atoms with van der Waals surface area (Å²) in [6.07, 6.45) is 1.22. The number of carbonyl (C=O) groups excluding carboxylic acids is 1. The van der Waals surface area contributed by atoms with Gasteiger partial charge in [-0.25, -0.2) is 4.79 Å². The Hall–Kier alpha value is -1.68. The normalized spacial score (nSPS) is 12.1. The smallest absolute Gasteiger partial charge is 0.337 e. The van der Waals surface area contributed by atoms with Crippen LogP contribution in [-0.2, 0) is 22.4 Å². The van der Waals surface area contributed by atoms with Gasteiger partial charge in [0.05, 0.1) is 0 Å². The Morgan fingerprint density at radius 2 is 2.12 bits per heavy atom. The van der Waals surface area contributed by atoms with E-state index in [-0.39, 0.29) is 0 Å². The molecule has 0 radical (unpaired) electrons. The molecule has 0 amide bonds. The molecule has 92 valence electrons. The second kappa shape index (κ2) is 6.15. The maximum absolute atomic E-state index is 10.7. The molecule has 0 heterocycles. The Balaban J connectivity index is 2.99. The minimum Gasteiger partial charge on any atom is -0.479 e. The highest BCUT2D eigenvalue weighted by Gasteiger charge is 2.16. The average molecular weight is 236 g/mol. The molecule has 1 unspecified atom stereocenters. The Kier molecular flexibility index (Phi) is 4.84. The van der Waals surface area contributed by atoms with Crippen molar-refractivity contribution < 1.29 is 19.8 Å². The number of aldehydes is 1. The van der Waals surface area contributed by atoms with Gasteiger partial charge in [0.1, 0.15) is 6.29 Å². The van der Waals surface area contributed by atoms with Crippen molar-refractivity contribution in [3.05, 3.63) is 34.9 Å². The van der Waals surface area contributed by atoms with Gasteiger partial charge in [-0.2, -0.15) is 0 Å². The molecule has 1 rings (SSSR count). The van der Waals surface area contributed by atoms with Crippen LogP contribution in [0.3, 0.4) is 0 Å². The van der Waals surface area contributed by atoms with Crippen LogP contribution in [0.4, 0.5) is 0 Å². The molecule has 0 fully saturated rings. The quantitative estimate of drug-likeness (QED) is 0.734. The second-order valence-electron chi connectivity index (χ2n) is 3.83. The van der Waals surface area contributed by atoms with Crippen LogP contribution >= 0.6 is 0 Å². The number of aliphatic carboxylic acids is 1. The van der Waals surface area contributed by atoms with Crippen molar-refractivity contribution in [1.29, 1.82) is 0 Å². The number of carboxylic acid groups (broad SMARTS) is 1. The molecule has 1 atom stereocenters. The number of rotatable bonds is 6. The van der Waals surface area contributed by atoms with Crippen molar-refractivity contribution in [2.75, 3.05) is 0 Å². The van der Waals surface area contributed by atoms with Crippen LogP contribution in [0.15, 0.2) is 18.2 Å². The van der Waals surface area contributed by atoms with Crippen LogP contribution in [0.25, 0.3) is 0 Å². The first-order valence-corrected chi connectivity index (χ1v) is 5.56. The fourth-order valence-corrected chi connectivity index (χ4v) is 1.75. The number of carbonyl (C=O) groups is 2. The lowest BCUT2D eigenvalue weighted by molar-refractivity contribution is -0.146. The Bertz CT molecular complexity index is 412. The van der Waals surface area contributed by atoms with Gasteiger partial charge in [0, 0.05) is 6.42 Å². The van der Waals surface area contributed by atoms with Gasteiger partial charge in [-0.1, -0.05) is 25.1 Å². The van der Waals surface area contributed by atoms with E-state index >= 15 is 0 Å². The number of aliphatic hydroxyl groups excluding tert-OH is 1. The highest BCUT2D eigenvalue weighted by Crippen LogP contribution is 2.19. The zero-order valence-electron chi connectivity index (χ0n) is 9.72. The lowest BCUT2D eigenvalue weighted by Gasteiger charge is -2.11. The van der Waals surface area contributed by atoms with Gasteiger partial charge < -0.3 is 15.0 Å². The predicted molar refractivity (Wildman–Crippen MR) is 62.8 cm³/mol. The minimum absolute atomic E-state index is 0.379. The lowest BCUT2D eigenvalue weighted by atomic mass is 9.96. The summed E-state index contributed by atoms with van der Waals surface area (Å²) in [7, 11) is 0. The summed E-state index contributed by atoms with van der Waals surface area (Å²) >= 11 is 0. The highest BCUT2D eigenvalue weighted by molar-refractivity contribution is 5.74. The van der Waals surface area contributed by atoms with Crippen LogP contribution in [0, 0.1) is 0 Å². The molecule has 1 aromatic carbocycles. The Morgan fingerprint density at radius 1 is 1.41 bits per heavy atom. The zero-order chi connectivity index (χ0) is 12.8. The maximum atomic E-state index is 10.7. The third-order valence-corrected chi connectivity index (χ3v) is 2.69. The molecule has 4 heteroatoms. The first kappa shape index (κ1) is 13.4. The van der Waals surface area contributed by atoms with Crippen molar-refractivity contribution in [3.8, 4) is 0 Å². The third kappa shape index (κ3) is 3.39. The fraction of sp³-hybridized carbons (Fsp3) is 0.385. The Morgan fingerprint density at radius 3 is 2.65 bits per heavy atom. The molecule has 0 spiro atoms. The van der Waals surface area contributed by atoms with Gasteiger partial charge in [-0.05, 0) is 29.5 Å². The summed E-state index contributed by atoms with van der Waals surface area (Å²) in [6, 6.07) is 5.07. The molecule has 0 aliphatic heterocycles. The van der Waals surface area contributed by atoms with E-state index < -0.39 is 12.1 Å². The van der Waals surface area contributed by atoms with Crippen LogP contribution < -0.4 is 0 Å². The van der Waals surface area contributed by atoms with Gasteiger partial charge in [-0.15, -0.1) is 0 Å². The highest BCUT2D eigenvalue weighted by atomic mass is 16.4. The molecule has 0 aromatic heterocycles. The number of hydrogen-bond donors (Lipinski definition) is 2. The molecule has 17 heavy (non-hydrogen) atoms. The molecule has 0 aliphatic rings. The van der Waals surface area contributed by atoms with Crippen LogP contribution in [-0.4, -0.2) is 22.5 Å². The van der Waals surface area contributed by atoms with Crippen molar-refractivity contribution in [2.45, 2.75) is 32.3 Å². The fourth-order valence-electron chi connectivity index (χ4n) is 1.75. The van der Waals surface area contributed by atoms with Gasteiger partial charge in [0.15, 0.2) is 6.10 Å². The Labute approximate surface area is 99.9 Å². The van der Waals surface area contributed by atoms with Crippen molar-refractivity contribution >= 4 is 12.3 Å². The topological polar surface area (TPSA) is 74.6 Å². The van der Waals surface area contributed by atoms with Crippen LogP contribution in [0.5, 0.6) is 0 Å². The second-order valence-corrected chi connectivity index (χ2v) is 3.83. The molecule has 2 N–H and O–H groups in total. The van der Waals surface area contributed by atoms with Gasteiger partial charge in [0.25, 0.3) is 0 Å². The summed E-state index contributed by atoms with van der Waals surface area (Å²) < 4.78 is 0. The van der Waals surface area contributed by atoms with Gasteiger partial charge >= 0.3 is 5.97 Å². The molecule has 0 aliphatic carbocycles. The summed E-state index contributed by atoms with van der Waals surface area (Å²) in [5.41, 5.74) is 2.38. The first-order chi connectivity index (χ1) is 8.10. The molecular formula is C13H16O4. The van der Waals surface area contributed by atoms with E-state index in [2.05, 4.69) is 0 Å². The molecular weight excluding hydrogens is 220 g/mol. The van der Waals surface area contributed by atoms with Crippen LogP contribution in [0.1, 0.15) is 36.1 Å². The number of benzene rings is 1. The lowest BCUT2D eigenvalue weighted by Crippen LogP contribution is -2.11. The largest absolute Gasteiger partial charge is 0.479 e. The van der Waals surface area contributed by atoms with E-state index in [1.807, 2.05) is 6.92 Å². The van der Waals surface area contributed by atoms with E-state index in [4.69, 9.17) is 5.11 Å². The van der Waals surface area contributed by atoms with E-state index in [1.54, 1.807) is 18.2 Å². The maximum Gasteiger partial charge on any atom is 0.337 e. The van der Waals surface area contributed by atoms with Crippen molar-refractivity contribution in [2.24, 2.45) is 0 Å². The average Bonchev–Trinajstić information content (AvgIpc) is 2.35. The first-order valence-electron chi connectivity index (χ1n) is 5.56. The van der Waals surface area contributed by atoms with E-state index in [0.29, 0.717) is 18.4 Å². The summed E-state index contributed by atoms with van der Waals surface area (Å²) in [5, 5.41) is 18.1. The number of carboxylic acids is 1.